The van der Waals surface area contributed by atoms with E-state index in [4.69, 9.17) is 0 Å². The number of piperazine rings is 1. The third-order valence-corrected chi connectivity index (χ3v) is 5.24. The summed E-state index contributed by atoms with van der Waals surface area (Å²) in [5.74, 6) is -2.34. The molecule has 0 aromatic heterocycles. The SMILES string of the molecule is Cc1ccc(CN2CCN(CC(C)C(=O)NCc3ccccc3F)C(=O)C2=O)cc1. The van der Waals surface area contributed by atoms with E-state index in [2.05, 4.69) is 5.32 Å². The van der Waals surface area contributed by atoms with Gasteiger partial charge in [-0.3, -0.25) is 14.4 Å². The number of carbonyl (C=O) groups is 3. The Labute approximate surface area is 175 Å². The van der Waals surface area contributed by atoms with E-state index in [9.17, 15) is 18.8 Å². The Kier molecular flexibility index (Phi) is 6.82. The van der Waals surface area contributed by atoms with Gasteiger partial charge in [0.15, 0.2) is 0 Å². The first kappa shape index (κ1) is 21.5. The molecule has 0 radical (unpaired) electrons. The lowest BCUT2D eigenvalue weighted by Crippen LogP contribution is -2.55. The fourth-order valence-corrected chi connectivity index (χ4v) is 3.37. The summed E-state index contributed by atoms with van der Waals surface area (Å²) < 4.78 is 13.7. The largest absolute Gasteiger partial charge is 0.352 e. The summed E-state index contributed by atoms with van der Waals surface area (Å²) in [7, 11) is 0. The van der Waals surface area contributed by atoms with Crippen LogP contribution in [0.15, 0.2) is 48.5 Å². The van der Waals surface area contributed by atoms with Gasteiger partial charge in [-0.05, 0) is 18.6 Å². The van der Waals surface area contributed by atoms with E-state index >= 15 is 0 Å². The summed E-state index contributed by atoms with van der Waals surface area (Å²) in [4.78, 5) is 40.3. The summed E-state index contributed by atoms with van der Waals surface area (Å²) in [6, 6.07) is 14.1. The lowest BCUT2D eigenvalue weighted by atomic mass is 10.1. The fraction of sp³-hybridized carbons (Fsp3) is 0.348. The van der Waals surface area contributed by atoms with Crippen molar-refractivity contribution in [2.75, 3.05) is 19.6 Å². The zero-order valence-electron chi connectivity index (χ0n) is 17.2. The second-order valence-corrected chi connectivity index (χ2v) is 7.67. The van der Waals surface area contributed by atoms with Gasteiger partial charge in [0.05, 0.1) is 5.92 Å². The van der Waals surface area contributed by atoms with Gasteiger partial charge < -0.3 is 15.1 Å². The van der Waals surface area contributed by atoms with Gasteiger partial charge in [0, 0.05) is 38.3 Å². The van der Waals surface area contributed by atoms with Crippen LogP contribution in [0.2, 0.25) is 0 Å². The molecule has 0 aliphatic carbocycles. The summed E-state index contributed by atoms with van der Waals surface area (Å²) in [6.45, 7) is 5.08. The van der Waals surface area contributed by atoms with Crippen molar-refractivity contribution in [3.63, 3.8) is 0 Å². The average Bonchev–Trinajstić information content (AvgIpc) is 2.74. The molecule has 158 valence electrons. The van der Waals surface area contributed by atoms with Crippen LogP contribution in [0.1, 0.15) is 23.6 Å². The molecule has 1 aliphatic heterocycles. The highest BCUT2D eigenvalue weighted by atomic mass is 19.1. The predicted octanol–water partition coefficient (Wildman–Crippen LogP) is 2.26. The number of hydrogen-bond donors (Lipinski definition) is 1. The van der Waals surface area contributed by atoms with Crippen molar-refractivity contribution in [3.8, 4) is 0 Å². The van der Waals surface area contributed by atoms with E-state index in [0.29, 0.717) is 25.2 Å². The smallest absolute Gasteiger partial charge is 0.312 e. The second-order valence-electron chi connectivity index (χ2n) is 7.67. The van der Waals surface area contributed by atoms with E-state index in [1.807, 2.05) is 31.2 Å². The van der Waals surface area contributed by atoms with Gasteiger partial charge in [0.2, 0.25) is 5.91 Å². The maximum Gasteiger partial charge on any atom is 0.312 e. The standard InChI is InChI=1S/C23H26FN3O3/c1-16-7-9-18(10-8-16)15-27-12-11-26(22(29)23(27)30)14-17(2)21(28)25-13-19-5-3-4-6-20(19)24/h3-10,17H,11-15H2,1-2H3,(H,25,28). The Morgan fingerprint density at radius 1 is 1.03 bits per heavy atom. The molecule has 0 bridgehead atoms. The molecule has 1 saturated heterocycles. The number of hydrogen-bond acceptors (Lipinski definition) is 3. The Balaban J connectivity index is 1.51. The van der Waals surface area contributed by atoms with Gasteiger partial charge in [-0.25, -0.2) is 4.39 Å². The van der Waals surface area contributed by atoms with Crippen molar-refractivity contribution in [1.29, 1.82) is 0 Å². The van der Waals surface area contributed by atoms with Crippen molar-refractivity contribution in [2.45, 2.75) is 26.9 Å². The van der Waals surface area contributed by atoms with Gasteiger partial charge in [-0.2, -0.15) is 0 Å². The zero-order valence-corrected chi connectivity index (χ0v) is 17.2. The predicted molar refractivity (Wildman–Crippen MR) is 111 cm³/mol. The minimum absolute atomic E-state index is 0.0764. The monoisotopic (exact) mass is 411 g/mol. The number of rotatable bonds is 7. The van der Waals surface area contributed by atoms with Crippen LogP contribution in [0.3, 0.4) is 0 Å². The second kappa shape index (κ2) is 9.52. The van der Waals surface area contributed by atoms with Gasteiger partial charge >= 0.3 is 11.8 Å². The van der Waals surface area contributed by atoms with Crippen molar-refractivity contribution in [1.82, 2.24) is 15.1 Å². The highest BCUT2D eigenvalue weighted by Gasteiger charge is 2.33. The van der Waals surface area contributed by atoms with E-state index in [1.165, 1.54) is 15.9 Å². The molecule has 2 aromatic rings. The molecule has 0 saturated carbocycles. The quantitative estimate of drug-likeness (QED) is 0.711. The molecule has 1 unspecified atom stereocenters. The molecular weight excluding hydrogens is 385 g/mol. The normalized spacial score (nSPS) is 15.3. The molecule has 1 heterocycles. The number of nitrogens with one attached hydrogen (secondary N) is 1. The number of aryl methyl sites for hydroxylation is 1. The molecule has 0 spiro atoms. The third kappa shape index (κ3) is 5.23. The first-order valence-corrected chi connectivity index (χ1v) is 10.00. The van der Waals surface area contributed by atoms with Crippen LogP contribution < -0.4 is 5.32 Å². The molecular formula is C23H26FN3O3. The Hall–Kier alpha value is -3.22. The van der Waals surface area contributed by atoms with Crippen LogP contribution in [0.4, 0.5) is 4.39 Å². The third-order valence-electron chi connectivity index (χ3n) is 5.24. The molecule has 1 N–H and O–H groups in total. The molecule has 3 amide bonds. The van der Waals surface area contributed by atoms with Crippen LogP contribution >= 0.6 is 0 Å². The lowest BCUT2D eigenvalue weighted by molar-refractivity contribution is -0.157. The molecule has 1 aliphatic rings. The minimum atomic E-state index is -0.595. The van der Waals surface area contributed by atoms with Crippen LogP contribution in [0, 0.1) is 18.7 Å². The van der Waals surface area contributed by atoms with Gasteiger partial charge in [0.25, 0.3) is 0 Å². The lowest BCUT2D eigenvalue weighted by Gasteiger charge is -2.34. The highest BCUT2D eigenvalue weighted by molar-refractivity contribution is 6.35. The topological polar surface area (TPSA) is 69.7 Å². The molecule has 2 aromatic carbocycles. The van der Waals surface area contributed by atoms with Crippen LogP contribution in [0.5, 0.6) is 0 Å². The first-order valence-electron chi connectivity index (χ1n) is 10.00. The van der Waals surface area contributed by atoms with E-state index < -0.39 is 17.7 Å². The molecule has 1 atom stereocenters. The Morgan fingerprint density at radius 2 is 1.67 bits per heavy atom. The highest BCUT2D eigenvalue weighted by Crippen LogP contribution is 2.13. The summed E-state index contributed by atoms with van der Waals surface area (Å²) >= 11 is 0. The molecule has 3 rings (SSSR count). The Morgan fingerprint density at radius 3 is 2.37 bits per heavy atom. The van der Waals surface area contributed by atoms with Crippen molar-refractivity contribution in [3.05, 3.63) is 71.0 Å². The van der Waals surface area contributed by atoms with Crippen molar-refractivity contribution >= 4 is 17.7 Å². The molecule has 1 fully saturated rings. The van der Waals surface area contributed by atoms with Crippen LogP contribution in [0.25, 0.3) is 0 Å². The molecule has 6 nitrogen and oxygen atoms in total. The number of halogens is 1. The maximum atomic E-state index is 13.7. The number of nitrogens with zero attached hydrogens (tertiary/aromatic N) is 2. The Bertz CT molecular complexity index is 930. The fourth-order valence-electron chi connectivity index (χ4n) is 3.37. The van der Waals surface area contributed by atoms with Gasteiger partial charge in [-0.15, -0.1) is 0 Å². The number of amides is 3. The van der Waals surface area contributed by atoms with E-state index in [1.54, 1.807) is 25.1 Å². The summed E-state index contributed by atoms with van der Waals surface area (Å²) in [6.07, 6.45) is 0. The summed E-state index contributed by atoms with van der Waals surface area (Å²) in [5.41, 5.74) is 2.50. The first-order chi connectivity index (χ1) is 14.3. The zero-order chi connectivity index (χ0) is 21.7. The summed E-state index contributed by atoms with van der Waals surface area (Å²) in [5, 5.41) is 2.69. The maximum absolute atomic E-state index is 13.7. The number of benzene rings is 2. The van der Waals surface area contributed by atoms with E-state index in [0.717, 1.165) is 11.1 Å². The average molecular weight is 411 g/mol. The van der Waals surface area contributed by atoms with Gasteiger partial charge in [-0.1, -0.05) is 55.0 Å². The molecule has 30 heavy (non-hydrogen) atoms. The van der Waals surface area contributed by atoms with Gasteiger partial charge in [0.1, 0.15) is 5.82 Å². The minimum Gasteiger partial charge on any atom is -0.352 e. The van der Waals surface area contributed by atoms with Crippen LogP contribution in [-0.2, 0) is 27.5 Å². The molecule has 7 heteroatoms. The van der Waals surface area contributed by atoms with Crippen molar-refractivity contribution < 1.29 is 18.8 Å². The number of carbonyl (C=O) groups excluding carboxylic acids is 3. The van der Waals surface area contributed by atoms with Crippen LogP contribution in [-0.4, -0.2) is 47.2 Å². The van der Waals surface area contributed by atoms with Crippen molar-refractivity contribution in [2.24, 2.45) is 5.92 Å². The van der Waals surface area contributed by atoms with E-state index in [-0.39, 0.29) is 24.8 Å².